The summed E-state index contributed by atoms with van der Waals surface area (Å²) in [5, 5.41) is 13.7. The molecule has 2 aromatic rings. The fourth-order valence-corrected chi connectivity index (χ4v) is 2.39. The molecule has 1 unspecified atom stereocenters. The number of guanidine groups is 1. The number of anilines is 1. The summed E-state index contributed by atoms with van der Waals surface area (Å²) in [5.74, 6) is 0.640. The Kier molecular flexibility index (Phi) is 6.93. The van der Waals surface area contributed by atoms with Crippen LogP contribution in [0, 0.1) is 13.8 Å². The van der Waals surface area contributed by atoms with Gasteiger partial charge in [-0.15, -0.1) is 0 Å². The van der Waals surface area contributed by atoms with Crippen molar-refractivity contribution in [2.24, 2.45) is 10.7 Å². The van der Waals surface area contributed by atoms with Crippen molar-refractivity contribution in [1.82, 2.24) is 0 Å². The highest BCUT2D eigenvalue weighted by molar-refractivity contribution is 6.42. The van der Waals surface area contributed by atoms with Crippen molar-refractivity contribution in [2.75, 3.05) is 18.5 Å². The first-order valence-electron chi connectivity index (χ1n) is 7.76. The minimum absolute atomic E-state index is 0.0283. The monoisotopic (exact) mass is 381 g/mol. The summed E-state index contributed by atoms with van der Waals surface area (Å²) in [5.41, 5.74) is 9.05. The zero-order chi connectivity index (χ0) is 18.4. The topological polar surface area (TPSA) is 79.9 Å². The number of ether oxygens (including phenoxy) is 1. The molecule has 0 amide bonds. The van der Waals surface area contributed by atoms with E-state index in [-0.39, 0.29) is 19.1 Å². The third-order valence-electron chi connectivity index (χ3n) is 3.60. The number of halogens is 2. The number of aliphatic imine (C=N–C) groups is 1. The van der Waals surface area contributed by atoms with Crippen LogP contribution >= 0.6 is 23.2 Å². The van der Waals surface area contributed by atoms with E-state index in [2.05, 4.69) is 10.3 Å². The van der Waals surface area contributed by atoms with Crippen molar-refractivity contribution in [3.05, 3.63) is 57.6 Å². The van der Waals surface area contributed by atoms with Gasteiger partial charge >= 0.3 is 0 Å². The van der Waals surface area contributed by atoms with Crippen molar-refractivity contribution in [3.8, 4) is 5.75 Å². The molecule has 0 aliphatic carbocycles. The van der Waals surface area contributed by atoms with Crippen LogP contribution in [-0.4, -0.2) is 30.3 Å². The van der Waals surface area contributed by atoms with E-state index in [9.17, 15) is 5.11 Å². The summed E-state index contributed by atoms with van der Waals surface area (Å²) >= 11 is 11.9. The van der Waals surface area contributed by atoms with Gasteiger partial charge in [-0.05, 0) is 49.2 Å². The van der Waals surface area contributed by atoms with Gasteiger partial charge in [0.25, 0.3) is 0 Å². The first kappa shape index (κ1) is 19.4. The molecule has 134 valence electrons. The summed E-state index contributed by atoms with van der Waals surface area (Å²) in [6.07, 6.45) is -0.824. The van der Waals surface area contributed by atoms with E-state index in [4.69, 9.17) is 33.7 Å². The van der Waals surface area contributed by atoms with Crippen LogP contribution in [-0.2, 0) is 0 Å². The van der Waals surface area contributed by atoms with Crippen LogP contribution in [0.15, 0.2) is 41.4 Å². The number of hydrogen-bond acceptors (Lipinski definition) is 3. The largest absolute Gasteiger partial charge is 0.489 e. The average Bonchev–Trinajstić information content (AvgIpc) is 2.57. The molecule has 0 aromatic heterocycles. The molecule has 0 spiro atoms. The maximum Gasteiger partial charge on any atom is 0.193 e. The molecule has 2 rings (SSSR count). The van der Waals surface area contributed by atoms with Crippen LogP contribution in [0.3, 0.4) is 0 Å². The third-order valence-corrected chi connectivity index (χ3v) is 4.40. The number of rotatable bonds is 6. The van der Waals surface area contributed by atoms with Gasteiger partial charge in [0.05, 0.1) is 11.6 Å². The van der Waals surface area contributed by atoms with Crippen LogP contribution in [0.25, 0.3) is 0 Å². The molecular formula is C18H21Cl2N3O2. The number of aliphatic hydroxyl groups excluding tert-OH is 1. The number of aliphatic hydroxyl groups is 1. The van der Waals surface area contributed by atoms with E-state index < -0.39 is 6.10 Å². The normalized spacial score (nSPS) is 12.8. The number of nitrogens with two attached hydrogens (primary N) is 1. The average molecular weight is 382 g/mol. The minimum Gasteiger partial charge on any atom is -0.489 e. The second-order valence-electron chi connectivity index (χ2n) is 5.67. The molecule has 0 saturated heterocycles. The molecule has 25 heavy (non-hydrogen) atoms. The summed E-state index contributed by atoms with van der Waals surface area (Å²) < 4.78 is 5.46. The Labute approximate surface area is 157 Å². The van der Waals surface area contributed by atoms with Gasteiger partial charge in [-0.2, -0.15) is 0 Å². The minimum atomic E-state index is -0.824. The molecule has 0 bridgehead atoms. The van der Waals surface area contributed by atoms with Crippen molar-refractivity contribution in [3.63, 3.8) is 0 Å². The first-order chi connectivity index (χ1) is 11.9. The van der Waals surface area contributed by atoms with Gasteiger partial charge in [0, 0.05) is 5.69 Å². The lowest BCUT2D eigenvalue weighted by Crippen LogP contribution is -2.27. The fraction of sp³-hybridized carbons (Fsp3) is 0.278. The Balaban J connectivity index is 1.85. The highest BCUT2D eigenvalue weighted by Crippen LogP contribution is 2.31. The van der Waals surface area contributed by atoms with Crippen molar-refractivity contribution in [2.45, 2.75) is 20.0 Å². The van der Waals surface area contributed by atoms with E-state index in [1.165, 1.54) is 5.56 Å². The number of nitrogens with zero attached hydrogens (tertiary/aromatic N) is 1. The summed E-state index contributed by atoms with van der Waals surface area (Å²) in [7, 11) is 0. The number of hydrogen-bond donors (Lipinski definition) is 3. The number of nitrogens with one attached hydrogen (secondary N) is 1. The van der Waals surface area contributed by atoms with Gasteiger partial charge < -0.3 is 20.9 Å². The molecule has 7 heteroatoms. The molecular weight excluding hydrogens is 361 g/mol. The maximum absolute atomic E-state index is 9.97. The number of benzene rings is 2. The van der Waals surface area contributed by atoms with Gasteiger partial charge in [-0.25, -0.2) is 0 Å². The zero-order valence-electron chi connectivity index (χ0n) is 14.1. The van der Waals surface area contributed by atoms with Crippen LogP contribution in [0.4, 0.5) is 5.69 Å². The Hall–Kier alpha value is -1.95. The predicted molar refractivity (Wildman–Crippen MR) is 104 cm³/mol. The van der Waals surface area contributed by atoms with Gasteiger partial charge in [0.1, 0.15) is 23.5 Å². The maximum atomic E-state index is 9.97. The third kappa shape index (κ3) is 5.81. The molecule has 5 nitrogen and oxygen atoms in total. The van der Waals surface area contributed by atoms with Crippen LogP contribution in [0.2, 0.25) is 10.0 Å². The Bertz CT molecular complexity index is 766. The molecule has 1 atom stereocenters. The lowest BCUT2D eigenvalue weighted by atomic mass is 10.1. The second-order valence-corrected chi connectivity index (χ2v) is 6.45. The zero-order valence-corrected chi connectivity index (χ0v) is 15.6. The van der Waals surface area contributed by atoms with Crippen molar-refractivity contribution >= 4 is 34.8 Å². The Morgan fingerprint density at radius 2 is 2.00 bits per heavy atom. The van der Waals surface area contributed by atoms with Gasteiger partial charge in [0.2, 0.25) is 0 Å². The molecule has 2 aromatic carbocycles. The SMILES string of the molecule is Cc1ccc(NC(N)=NCC(O)COc2cccc(Cl)c2Cl)cc1C. The molecule has 0 aliphatic heterocycles. The summed E-state index contributed by atoms with van der Waals surface area (Å²) in [6.45, 7) is 4.19. The van der Waals surface area contributed by atoms with Crippen molar-refractivity contribution < 1.29 is 9.84 Å². The quantitative estimate of drug-likeness (QED) is 0.525. The van der Waals surface area contributed by atoms with E-state index in [0.717, 1.165) is 11.3 Å². The van der Waals surface area contributed by atoms with Crippen LogP contribution in [0.5, 0.6) is 5.75 Å². The van der Waals surface area contributed by atoms with Gasteiger partial charge in [-0.1, -0.05) is 35.3 Å². The summed E-state index contributed by atoms with van der Waals surface area (Å²) in [4.78, 5) is 4.12. The Morgan fingerprint density at radius 3 is 2.72 bits per heavy atom. The smallest absolute Gasteiger partial charge is 0.193 e. The summed E-state index contributed by atoms with van der Waals surface area (Å²) in [6, 6.07) is 11.0. The Morgan fingerprint density at radius 1 is 1.24 bits per heavy atom. The number of aryl methyl sites for hydroxylation is 2. The van der Waals surface area contributed by atoms with Gasteiger partial charge in [-0.3, -0.25) is 4.99 Å². The van der Waals surface area contributed by atoms with Crippen LogP contribution < -0.4 is 15.8 Å². The highest BCUT2D eigenvalue weighted by atomic mass is 35.5. The lowest BCUT2D eigenvalue weighted by Gasteiger charge is -2.13. The van der Waals surface area contributed by atoms with Crippen molar-refractivity contribution in [1.29, 1.82) is 0 Å². The standard InChI is InChI=1S/C18H21Cl2N3O2/c1-11-6-7-13(8-12(11)2)23-18(21)22-9-14(24)10-25-16-5-3-4-15(19)17(16)20/h3-8,14,24H,9-10H2,1-2H3,(H3,21,22,23). The fourth-order valence-electron chi connectivity index (χ4n) is 2.04. The lowest BCUT2D eigenvalue weighted by molar-refractivity contribution is 0.114. The molecule has 0 heterocycles. The molecule has 4 N–H and O–H groups in total. The van der Waals surface area contributed by atoms with Crippen LogP contribution in [0.1, 0.15) is 11.1 Å². The van der Waals surface area contributed by atoms with E-state index in [1.807, 2.05) is 32.0 Å². The first-order valence-corrected chi connectivity index (χ1v) is 8.51. The van der Waals surface area contributed by atoms with Gasteiger partial charge in [0.15, 0.2) is 5.96 Å². The van der Waals surface area contributed by atoms with E-state index in [1.54, 1.807) is 18.2 Å². The molecule has 0 fully saturated rings. The predicted octanol–water partition coefficient (Wildman–Crippen LogP) is 3.78. The highest BCUT2D eigenvalue weighted by Gasteiger charge is 2.09. The molecule has 0 aliphatic rings. The van der Waals surface area contributed by atoms with E-state index in [0.29, 0.717) is 15.8 Å². The molecule has 0 radical (unpaired) electrons. The second kappa shape index (κ2) is 8.94. The van der Waals surface area contributed by atoms with E-state index >= 15 is 0 Å². The molecule has 0 saturated carbocycles.